The molecular formula is C12H12BrNO. The van der Waals surface area contributed by atoms with Gasteiger partial charge < -0.3 is 0 Å². The van der Waals surface area contributed by atoms with Crippen molar-refractivity contribution < 1.29 is 4.79 Å². The Morgan fingerprint density at radius 1 is 1.33 bits per heavy atom. The fourth-order valence-corrected chi connectivity index (χ4v) is 2.84. The molecule has 0 bridgehead atoms. The Hall–Kier alpha value is -0.920. The summed E-state index contributed by atoms with van der Waals surface area (Å²) in [5, 5.41) is 0. The van der Waals surface area contributed by atoms with E-state index in [9.17, 15) is 4.79 Å². The highest BCUT2D eigenvalue weighted by Crippen LogP contribution is 2.29. The summed E-state index contributed by atoms with van der Waals surface area (Å²) < 4.78 is 1.16. The molecule has 0 aliphatic heterocycles. The van der Waals surface area contributed by atoms with Crippen LogP contribution in [0.4, 0.5) is 0 Å². The summed E-state index contributed by atoms with van der Waals surface area (Å²) in [6.45, 7) is 0.440. The van der Waals surface area contributed by atoms with Gasteiger partial charge in [-0.3, -0.25) is 0 Å². The zero-order valence-corrected chi connectivity index (χ0v) is 10.0. The SMILES string of the molecule is O=C=NCc1cc(Br)c2c(c1)CCCC2. The van der Waals surface area contributed by atoms with Gasteiger partial charge in [0.25, 0.3) is 0 Å². The minimum Gasteiger partial charge on any atom is -0.211 e. The van der Waals surface area contributed by atoms with Crippen LogP contribution in [0.15, 0.2) is 21.6 Å². The van der Waals surface area contributed by atoms with Gasteiger partial charge in [-0.05, 0) is 48.4 Å². The fraction of sp³-hybridized carbons (Fsp3) is 0.417. The molecule has 78 valence electrons. The number of carbonyl (C=O) groups excluding carboxylic acids is 1. The molecule has 1 aromatic rings. The highest BCUT2D eigenvalue weighted by Gasteiger charge is 2.13. The number of fused-ring (bicyclic) bond motifs is 1. The highest BCUT2D eigenvalue weighted by atomic mass is 79.9. The van der Waals surface area contributed by atoms with Crippen molar-refractivity contribution >= 4 is 22.0 Å². The van der Waals surface area contributed by atoms with Gasteiger partial charge in [0.15, 0.2) is 0 Å². The molecule has 2 rings (SSSR count). The molecule has 2 nitrogen and oxygen atoms in total. The average Bonchev–Trinajstić information content (AvgIpc) is 2.26. The number of rotatable bonds is 2. The molecule has 0 unspecified atom stereocenters. The lowest BCUT2D eigenvalue weighted by Crippen LogP contribution is -2.04. The molecule has 0 fully saturated rings. The van der Waals surface area contributed by atoms with Crippen LogP contribution in [-0.4, -0.2) is 6.08 Å². The van der Waals surface area contributed by atoms with Crippen LogP contribution in [0.1, 0.15) is 29.5 Å². The van der Waals surface area contributed by atoms with Crippen molar-refractivity contribution in [2.24, 2.45) is 4.99 Å². The minimum atomic E-state index is 0.440. The van der Waals surface area contributed by atoms with Crippen molar-refractivity contribution in [2.75, 3.05) is 0 Å². The quantitative estimate of drug-likeness (QED) is 0.597. The number of nitrogens with zero attached hydrogens (tertiary/aromatic N) is 1. The number of aliphatic imine (C=N–C) groups is 1. The van der Waals surface area contributed by atoms with Crippen LogP contribution in [-0.2, 0) is 24.2 Å². The van der Waals surface area contributed by atoms with Crippen LogP contribution >= 0.6 is 15.9 Å². The summed E-state index contributed by atoms with van der Waals surface area (Å²) in [7, 11) is 0. The van der Waals surface area contributed by atoms with Gasteiger partial charge in [-0.1, -0.05) is 22.0 Å². The van der Waals surface area contributed by atoms with E-state index in [1.807, 2.05) is 0 Å². The van der Waals surface area contributed by atoms with Crippen LogP contribution in [0.5, 0.6) is 0 Å². The first-order chi connectivity index (χ1) is 7.31. The second-order valence-corrected chi connectivity index (χ2v) is 4.68. The summed E-state index contributed by atoms with van der Waals surface area (Å²) >= 11 is 3.58. The summed E-state index contributed by atoms with van der Waals surface area (Å²) in [5.41, 5.74) is 3.93. The molecule has 0 saturated carbocycles. The monoisotopic (exact) mass is 265 g/mol. The summed E-state index contributed by atoms with van der Waals surface area (Å²) in [4.78, 5) is 13.7. The van der Waals surface area contributed by atoms with Crippen molar-refractivity contribution in [1.82, 2.24) is 0 Å². The van der Waals surface area contributed by atoms with Crippen LogP contribution in [0, 0.1) is 0 Å². The summed E-state index contributed by atoms with van der Waals surface area (Å²) in [5.74, 6) is 0. The second-order valence-electron chi connectivity index (χ2n) is 3.83. The maximum absolute atomic E-state index is 10.0. The fourth-order valence-electron chi connectivity index (χ4n) is 2.09. The number of hydrogen-bond donors (Lipinski definition) is 0. The Labute approximate surface area is 97.5 Å². The average molecular weight is 266 g/mol. The van der Waals surface area contributed by atoms with Gasteiger partial charge in [0.1, 0.15) is 0 Å². The van der Waals surface area contributed by atoms with Gasteiger partial charge in [-0.25, -0.2) is 9.79 Å². The molecule has 0 N–H and O–H groups in total. The third-order valence-electron chi connectivity index (χ3n) is 2.80. The zero-order chi connectivity index (χ0) is 10.7. The van der Waals surface area contributed by atoms with Crippen molar-refractivity contribution in [2.45, 2.75) is 32.2 Å². The Balaban J connectivity index is 2.35. The van der Waals surface area contributed by atoms with Gasteiger partial charge in [-0.2, -0.15) is 0 Å². The number of halogens is 1. The summed E-state index contributed by atoms with van der Waals surface area (Å²) in [6, 6.07) is 4.23. The van der Waals surface area contributed by atoms with Crippen molar-refractivity contribution in [1.29, 1.82) is 0 Å². The molecule has 1 aromatic carbocycles. The Morgan fingerprint density at radius 2 is 2.13 bits per heavy atom. The molecule has 0 spiro atoms. The predicted molar refractivity (Wildman–Crippen MR) is 62.6 cm³/mol. The van der Waals surface area contributed by atoms with Crippen LogP contribution in [0.2, 0.25) is 0 Å². The third-order valence-corrected chi connectivity index (χ3v) is 3.50. The molecule has 0 saturated heterocycles. The molecule has 0 amide bonds. The van der Waals surface area contributed by atoms with E-state index in [4.69, 9.17) is 0 Å². The Bertz CT molecular complexity index is 422. The van der Waals surface area contributed by atoms with Gasteiger partial charge in [0, 0.05) is 4.47 Å². The lowest BCUT2D eigenvalue weighted by atomic mass is 9.90. The number of hydrogen-bond acceptors (Lipinski definition) is 2. The number of aryl methyl sites for hydroxylation is 1. The molecule has 1 aliphatic rings. The molecule has 0 heterocycles. The summed E-state index contributed by atoms with van der Waals surface area (Å²) in [6.07, 6.45) is 6.42. The predicted octanol–water partition coefficient (Wildman–Crippen LogP) is 3.16. The van der Waals surface area contributed by atoms with E-state index in [2.05, 4.69) is 33.1 Å². The van der Waals surface area contributed by atoms with Crippen LogP contribution < -0.4 is 0 Å². The molecule has 0 aromatic heterocycles. The van der Waals surface area contributed by atoms with E-state index >= 15 is 0 Å². The van der Waals surface area contributed by atoms with E-state index in [-0.39, 0.29) is 0 Å². The van der Waals surface area contributed by atoms with E-state index in [0.717, 1.165) is 22.9 Å². The first-order valence-corrected chi connectivity index (χ1v) is 5.94. The van der Waals surface area contributed by atoms with E-state index in [1.165, 1.54) is 24.0 Å². The van der Waals surface area contributed by atoms with Crippen LogP contribution in [0.3, 0.4) is 0 Å². The number of benzene rings is 1. The normalized spacial score (nSPS) is 14.2. The first kappa shape index (κ1) is 10.6. The van der Waals surface area contributed by atoms with Gasteiger partial charge in [-0.15, -0.1) is 0 Å². The molecule has 0 atom stereocenters. The Kier molecular flexibility index (Phi) is 3.34. The Morgan fingerprint density at radius 3 is 2.93 bits per heavy atom. The standard InChI is InChI=1S/C12H12BrNO/c13-12-6-9(7-14-8-15)5-10-3-1-2-4-11(10)12/h5-6H,1-4,7H2. The minimum absolute atomic E-state index is 0.440. The van der Waals surface area contributed by atoms with Crippen LogP contribution in [0.25, 0.3) is 0 Å². The molecule has 0 radical (unpaired) electrons. The molecule has 15 heavy (non-hydrogen) atoms. The highest BCUT2D eigenvalue weighted by molar-refractivity contribution is 9.10. The van der Waals surface area contributed by atoms with Crippen molar-refractivity contribution in [3.63, 3.8) is 0 Å². The van der Waals surface area contributed by atoms with E-state index in [0.29, 0.717) is 6.54 Å². The smallest absolute Gasteiger partial charge is 0.211 e. The molecule has 1 aliphatic carbocycles. The number of isocyanates is 1. The topological polar surface area (TPSA) is 29.4 Å². The van der Waals surface area contributed by atoms with Gasteiger partial charge >= 0.3 is 0 Å². The van der Waals surface area contributed by atoms with Gasteiger partial charge in [0.2, 0.25) is 6.08 Å². The van der Waals surface area contributed by atoms with E-state index in [1.54, 1.807) is 6.08 Å². The molecule has 3 heteroatoms. The van der Waals surface area contributed by atoms with Crippen molar-refractivity contribution in [3.8, 4) is 0 Å². The maximum atomic E-state index is 10.0. The van der Waals surface area contributed by atoms with Gasteiger partial charge in [0.05, 0.1) is 6.54 Å². The second kappa shape index (κ2) is 4.73. The third kappa shape index (κ3) is 2.36. The van der Waals surface area contributed by atoms with E-state index < -0.39 is 0 Å². The van der Waals surface area contributed by atoms with Crippen molar-refractivity contribution in [3.05, 3.63) is 33.3 Å². The largest absolute Gasteiger partial charge is 0.235 e. The zero-order valence-electron chi connectivity index (χ0n) is 8.42. The molecular weight excluding hydrogens is 254 g/mol. The lowest BCUT2D eigenvalue weighted by molar-refractivity contribution is 0.562. The lowest BCUT2D eigenvalue weighted by Gasteiger charge is -2.18. The maximum Gasteiger partial charge on any atom is 0.235 e. The first-order valence-electron chi connectivity index (χ1n) is 5.15.